The molecule has 18 atom stereocenters. The smallest absolute Gasteiger partial charge is 0.186 e. The van der Waals surface area contributed by atoms with Gasteiger partial charge in [-0.2, -0.15) is 0 Å². The number of ketones is 1. The molecule has 0 radical (unpaired) electrons. The number of Topliss-reactive ketones (excluding diaryl/α,β-unsaturated/α-hetero) is 1. The maximum absolute atomic E-state index is 13.5. The Morgan fingerprint density at radius 3 is 2.22 bits per heavy atom. The molecule has 0 spiro atoms. The zero-order valence-corrected chi connectivity index (χ0v) is 32.4. The number of aliphatic hydroxyl groups is 7. The molecule has 2 saturated heterocycles. The summed E-state index contributed by atoms with van der Waals surface area (Å²) in [5.41, 5.74) is 2.15. The third kappa shape index (κ3) is 7.07. The summed E-state index contributed by atoms with van der Waals surface area (Å²) in [6, 6.07) is 5.88. The van der Waals surface area contributed by atoms with E-state index in [2.05, 4.69) is 19.9 Å². The number of methoxy groups -OCH3 is 2. The molecule has 0 unspecified atom stereocenters. The summed E-state index contributed by atoms with van der Waals surface area (Å²) < 4.78 is 34.7. The van der Waals surface area contributed by atoms with Gasteiger partial charge in [0, 0.05) is 11.5 Å². The number of ether oxygens (including phenoxy) is 6. The summed E-state index contributed by atoms with van der Waals surface area (Å²) in [5, 5.41) is 72.5. The van der Waals surface area contributed by atoms with Crippen molar-refractivity contribution in [2.45, 2.75) is 139 Å². The van der Waals surface area contributed by atoms with E-state index in [1.807, 2.05) is 18.2 Å². The highest BCUT2D eigenvalue weighted by atomic mass is 16.7. The summed E-state index contributed by atoms with van der Waals surface area (Å²) in [6.07, 6.45) is -6.68. The van der Waals surface area contributed by atoms with Crippen LogP contribution in [-0.4, -0.2) is 136 Å². The molecule has 3 saturated carbocycles. The highest BCUT2D eigenvalue weighted by Gasteiger charge is 2.63. The van der Waals surface area contributed by atoms with Gasteiger partial charge in [0.25, 0.3) is 0 Å². The molecule has 14 heteroatoms. The van der Waals surface area contributed by atoms with Gasteiger partial charge in [0.2, 0.25) is 0 Å². The highest BCUT2D eigenvalue weighted by molar-refractivity contribution is 5.81. The molecule has 308 valence electrons. The van der Waals surface area contributed by atoms with Crippen LogP contribution in [0.25, 0.3) is 0 Å². The topological polar surface area (TPSA) is 214 Å². The van der Waals surface area contributed by atoms with Gasteiger partial charge in [-0.15, -0.1) is 0 Å². The lowest BCUT2D eigenvalue weighted by Gasteiger charge is -2.58. The molecule has 6 aliphatic rings. The number of hydrogen-bond donors (Lipinski definition) is 7. The van der Waals surface area contributed by atoms with Crippen LogP contribution in [-0.2, 0) is 23.7 Å². The Hall–Kier alpha value is -2.21. The number of carbonyl (C=O) groups is 1. The van der Waals surface area contributed by atoms with Gasteiger partial charge in [0.15, 0.2) is 12.6 Å². The molecular weight excluding hydrogens is 716 g/mol. The molecule has 5 fully saturated rings. The molecule has 0 bridgehead atoms. The highest BCUT2D eigenvalue weighted by Crippen LogP contribution is 2.69. The minimum absolute atomic E-state index is 0.0286. The molecule has 14 nitrogen and oxygen atoms in total. The fraction of sp³-hybridized carbons (Fsp3) is 0.780. The number of carbonyl (C=O) groups excluding carboxylic acids is 1. The second-order valence-electron chi connectivity index (χ2n) is 17.4. The van der Waals surface area contributed by atoms with Crippen LogP contribution < -0.4 is 9.47 Å². The van der Waals surface area contributed by atoms with E-state index in [4.69, 9.17) is 28.4 Å². The molecule has 4 aliphatic carbocycles. The lowest BCUT2D eigenvalue weighted by molar-refractivity contribution is -0.336. The number of benzene rings is 1. The first kappa shape index (κ1) is 41.0. The molecule has 2 heterocycles. The molecule has 1 aromatic rings. The maximum atomic E-state index is 13.5. The molecule has 0 aromatic heterocycles. The first-order chi connectivity index (χ1) is 26.2. The molecule has 7 rings (SSSR count). The lowest BCUT2D eigenvalue weighted by Crippen LogP contribution is -2.62. The zero-order chi connectivity index (χ0) is 39.6. The first-order valence-corrected chi connectivity index (χ1v) is 19.9. The lowest BCUT2D eigenvalue weighted by atomic mass is 9.47. The summed E-state index contributed by atoms with van der Waals surface area (Å²) in [7, 11) is 3.33. The Morgan fingerprint density at radius 1 is 0.855 bits per heavy atom. The standard InChI is InChI=1S/C41H60O14/c1-19(43)31-25(24-15-21(50-4)7-9-28(24)51-5)16-27-23-8-6-20-14-22(10-12-40(20,2)26(23)11-13-41(27,31)3)53-39-37(49)35(47)33(45)30(55-39)18-52-38-36(48)34(46)32(44)29(17-42)54-38/h6-7,9,15,22-23,25-27,29-39,42,44-49H,8,10-14,16-18H2,1-5H3/t22-,23+,25-,26-,27-,29+,30+,31-,32+,33+,34-,35-,36+,37+,38+,39-,40-,41-/m0/s1. The van der Waals surface area contributed by atoms with Gasteiger partial charge in [-0.3, -0.25) is 4.79 Å². The minimum atomic E-state index is -1.65. The fourth-order valence-corrected chi connectivity index (χ4v) is 11.7. The largest absolute Gasteiger partial charge is 0.497 e. The summed E-state index contributed by atoms with van der Waals surface area (Å²) in [4.78, 5) is 13.5. The summed E-state index contributed by atoms with van der Waals surface area (Å²) in [6.45, 7) is 5.40. The second-order valence-corrected chi connectivity index (χ2v) is 17.4. The van der Waals surface area contributed by atoms with Crippen molar-refractivity contribution in [3.63, 3.8) is 0 Å². The van der Waals surface area contributed by atoms with Crippen LogP contribution in [0.15, 0.2) is 29.8 Å². The van der Waals surface area contributed by atoms with Crippen molar-refractivity contribution in [1.82, 2.24) is 0 Å². The van der Waals surface area contributed by atoms with Crippen molar-refractivity contribution < 1.29 is 69.0 Å². The van der Waals surface area contributed by atoms with Gasteiger partial charge >= 0.3 is 0 Å². The van der Waals surface area contributed by atoms with E-state index in [9.17, 15) is 40.5 Å². The monoisotopic (exact) mass is 776 g/mol. The molecule has 2 aliphatic heterocycles. The number of aliphatic hydroxyl groups excluding tert-OH is 7. The van der Waals surface area contributed by atoms with Gasteiger partial charge in [-0.1, -0.05) is 25.5 Å². The number of rotatable bonds is 10. The first-order valence-electron chi connectivity index (χ1n) is 19.9. The molecule has 1 aromatic carbocycles. The van der Waals surface area contributed by atoms with E-state index < -0.39 is 74.6 Å². The summed E-state index contributed by atoms with van der Waals surface area (Å²) >= 11 is 0. The van der Waals surface area contributed by atoms with Crippen LogP contribution >= 0.6 is 0 Å². The Balaban J connectivity index is 1.04. The van der Waals surface area contributed by atoms with Gasteiger partial charge in [-0.25, -0.2) is 0 Å². The van der Waals surface area contributed by atoms with Crippen LogP contribution in [0.5, 0.6) is 11.5 Å². The van der Waals surface area contributed by atoms with E-state index in [1.54, 1.807) is 21.1 Å². The van der Waals surface area contributed by atoms with E-state index in [-0.39, 0.29) is 34.6 Å². The van der Waals surface area contributed by atoms with E-state index in [0.29, 0.717) is 30.6 Å². The van der Waals surface area contributed by atoms with E-state index in [1.165, 1.54) is 5.57 Å². The second kappa shape index (κ2) is 15.9. The molecule has 0 amide bonds. The molecule has 55 heavy (non-hydrogen) atoms. The van der Waals surface area contributed by atoms with Gasteiger partial charge in [0.05, 0.1) is 33.5 Å². The maximum Gasteiger partial charge on any atom is 0.186 e. The van der Waals surface area contributed by atoms with Crippen molar-refractivity contribution >= 4 is 5.78 Å². The number of hydrogen-bond acceptors (Lipinski definition) is 14. The van der Waals surface area contributed by atoms with Gasteiger partial charge in [-0.05, 0) is 105 Å². The minimum Gasteiger partial charge on any atom is -0.497 e. The van der Waals surface area contributed by atoms with Crippen molar-refractivity contribution in [3.05, 3.63) is 35.4 Å². The molecular formula is C41H60O14. The average molecular weight is 777 g/mol. The summed E-state index contributed by atoms with van der Waals surface area (Å²) in [5.74, 6) is 2.87. The molecule has 7 N–H and O–H groups in total. The van der Waals surface area contributed by atoms with Gasteiger partial charge < -0.3 is 64.2 Å². The Labute approximate surface area is 322 Å². The number of fused-ring (bicyclic) bond motifs is 5. The van der Waals surface area contributed by atoms with Crippen LogP contribution in [0.1, 0.15) is 77.2 Å². The SMILES string of the molecule is COc1ccc(OC)c([C@@H]2C[C@H]3[C@@H]4CC=C5C[C@@H](O[C@H]6O[C@H](CO[C@@H]7O[C@H](CO)[C@@H](O)[C@H](O)[C@H]7O)[C@@H](O)[C@H](O)[C@H]6O)CC[C@]5(C)[C@H]4CC[C@]3(C)[C@H]2C(C)=O)c1. The Morgan fingerprint density at radius 2 is 1.55 bits per heavy atom. The Kier molecular flexibility index (Phi) is 11.8. The number of allylic oxidation sites excluding steroid dienone is 1. The average Bonchev–Trinajstić information content (AvgIpc) is 3.50. The predicted molar refractivity (Wildman–Crippen MR) is 195 cm³/mol. The predicted octanol–water partition coefficient (Wildman–Crippen LogP) is 1.57. The van der Waals surface area contributed by atoms with E-state index >= 15 is 0 Å². The fourth-order valence-electron chi connectivity index (χ4n) is 11.7. The van der Waals surface area contributed by atoms with Gasteiger partial charge in [0.1, 0.15) is 66.1 Å². The van der Waals surface area contributed by atoms with Crippen LogP contribution in [0.4, 0.5) is 0 Å². The Bertz CT molecular complexity index is 1570. The van der Waals surface area contributed by atoms with Crippen LogP contribution in [0.2, 0.25) is 0 Å². The normalized spacial score (nSPS) is 46.9. The van der Waals surface area contributed by atoms with Crippen molar-refractivity contribution in [2.75, 3.05) is 27.4 Å². The van der Waals surface area contributed by atoms with Crippen molar-refractivity contribution in [3.8, 4) is 11.5 Å². The quantitative estimate of drug-likeness (QED) is 0.168. The van der Waals surface area contributed by atoms with Crippen LogP contribution in [0, 0.1) is 34.5 Å². The third-order valence-electron chi connectivity index (χ3n) is 14.7. The van der Waals surface area contributed by atoms with E-state index in [0.717, 1.165) is 49.2 Å². The van der Waals surface area contributed by atoms with Crippen molar-refractivity contribution in [2.24, 2.45) is 34.5 Å². The van der Waals surface area contributed by atoms with Crippen LogP contribution in [0.3, 0.4) is 0 Å². The third-order valence-corrected chi connectivity index (χ3v) is 14.7. The zero-order valence-electron chi connectivity index (χ0n) is 32.4. The van der Waals surface area contributed by atoms with Crippen molar-refractivity contribution in [1.29, 1.82) is 0 Å².